The van der Waals surface area contributed by atoms with E-state index in [4.69, 9.17) is 9.47 Å². The first-order valence-corrected chi connectivity index (χ1v) is 8.71. The predicted molar refractivity (Wildman–Crippen MR) is 101 cm³/mol. The summed E-state index contributed by atoms with van der Waals surface area (Å²) < 4.78 is 23.8. The number of benzene rings is 2. The van der Waals surface area contributed by atoms with Gasteiger partial charge in [-0.25, -0.2) is 4.39 Å². The molecule has 0 radical (unpaired) electrons. The Kier molecular flexibility index (Phi) is 7.34. The lowest BCUT2D eigenvalue weighted by atomic mass is 10.1. The average Bonchev–Trinajstić information content (AvgIpc) is 2.66. The van der Waals surface area contributed by atoms with Gasteiger partial charge in [0.1, 0.15) is 5.82 Å². The van der Waals surface area contributed by atoms with Gasteiger partial charge in [-0.15, -0.1) is 0 Å². The van der Waals surface area contributed by atoms with E-state index in [1.807, 2.05) is 0 Å². The van der Waals surface area contributed by atoms with E-state index in [0.29, 0.717) is 43.1 Å². The van der Waals surface area contributed by atoms with Crippen LogP contribution in [0, 0.1) is 5.82 Å². The summed E-state index contributed by atoms with van der Waals surface area (Å²) >= 11 is 0. The largest absolute Gasteiger partial charge is 0.493 e. The van der Waals surface area contributed by atoms with Crippen LogP contribution in [0.3, 0.4) is 0 Å². The third kappa shape index (κ3) is 6.09. The molecule has 0 aliphatic heterocycles. The molecule has 0 saturated heterocycles. The Bertz CT molecular complexity index is 789. The SMILES string of the molecule is COc1cc(C(C)=O)ccc1OCCCC(=O)N(C)Cc1ccc(F)cc1. The van der Waals surface area contributed by atoms with E-state index in [0.717, 1.165) is 5.56 Å². The van der Waals surface area contributed by atoms with Crippen molar-refractivity contribution in [2.24, 2.45) is 0 Å². The number of hydrogen-bond donors (Lipinski definition) is 0. The molecule has 0 N–H and O–H groups in total. The molecule has 0 aliphatic rings. The smallest absolute Gasteiger partial charge is 0.222 e. The fourth-order valence-corrected chi connectivity index (χ4v) is 2.55. The van der Waals surface area contributed by atoms with Crippen molar-refractivity contribution in [1.82, 2.24) is 4.90 Å². The first kappa shape index (κ1) is 20.4. The topological polar surface area (TPSA) is 55.8 Å². The summed E-state index contributed by atoms with van der Waals surface area (Å²) in [5, 5.41) is 0. The molecule has 0 bridgehead atoms. The fourth-order valence-electron chi connectivity index (χ4n) is 2.55. The lowest BCUT2D eigenvalue weighted by Crippen LogP contribution is -2.26. The molecular formula is C21H24FNO4. The maximum Gasteiger partial charge on any atom is 0.222 e. The Balaban J connectivity index is 1.79. The Labute approximate surface area is 158 Å². The Morgan fingerprint density at radius 2 is 1.78 bits per heavy atom. The molecule has 6 heteroatoms. The van der Waals surface area contributed by atoms with Crippen LogP contribution in [0.4, 0.5) is 4.39 Å². The Morgan fingerprint density at radius 1 is 1.07 bits per heavy atom. The van der Waals surface area contributed by atoms with Gasteiger partial charge in [-0.2, -0.15) is 0 Å². The van der Waals surface area contributed by atoms with Crippen molar-refractivity contribution < 1.29 is 23.5 Å². The molecule has 0 aromatic heterocycles. The molecule has 0 atom stereocenters. The van der Waals surface area contributed by atoms with Gasteiger partial charge in [0, 0.05) is 25.6 Å². The van der Waals surface area contributed by atoms with Gasteiger partial charge < -0.3 is 14.4 Å². The van der Waals surface area contributed by atoms with E-state index in [9.17, 15) is 14.0 Å². The number of methoxy groups -OCH3 is 1. The Hall–Kier alpha value is -2.89. The lowest BCUT2D eigenvalue weighted by Gasteiger charge is -2.17. The van der Waals surface area contributed by atoms with Gasteiger partial charge in [0.15, 0.2) is 17.3 Å². The third-order valence-corrected chi connectivity index (χ3v) is 4.12. The molecule has 5 nitrogen and oxygen atoms in total. The van der Waals surface area contributed by atoms with Crippen LogP contribution in [-0.4, -0.2) is 37.4 Å². The van der Waals surface area contributed by atoms with Crippen molar-refractivity contribution in [3.63, 3.8) is 0 Å². The quantitative estimate of drug-likeness (QED) is 0.495. The zero-order valence-electron chi connectivity index (χ0n) is 15.8. The maximum absolute atomic E-state index is 12.9. The van der Waals surface area contributed by atoms with Gasteiger partial charge in [0.05, 0.1) is 13.7 Å². The normalized spacial score (nSPS) is 10.4. The fraction of sp³-hybridized carbons (Fsp3) is 0.333. The standard InChI is InChI=1S/C21H24FNO4/c1-15(24)17-8-11-19(20(13-17)26-3)27-12-4-5-21(25)23(2)14-16-6-9-18(22)10-7-16/h6-11,13H,4-5,12,14H2,1-3H3. The average molecular weight is 373 g/mol. The molecule has 2 rings (SSSR count). The molecule has 0 unspecified atom stereocenters. The molecule has 0 heterocycles. The number of ketones is 1. The second-order valence-corrected chi connectivity index (χ2v) is 6.25. The summed E-state index contributed by atoms with van der Waals surface area (Å²) in [5.74, 6) is 0.671. The monoisotopic (exact) mass is 373 g/mol. The van der Waals surface area contributed by atoms with E-state index < -0.39 is 0 Å². The van der Waals surface area contributed by atoms with Gasteiger partial charge in [-0.05, 0) is 49.2 Å². The molecule has 2 aromatic rings. The van der Waals surface area contributed by atoms with Crippen molar-refractivity contribution in [2.45, 2.75) is 26.3 Å². The van der Waals surface area contributed by atoms with Crippen molar-refractivity contribution >= 4 is 11.7 Å². The highest BCUT2D eigenvalue weighted by Crippen LogP contribution is 2.28. The number of rotatable bonds is 9. The summed E-state index contributed by atoms with van der Waals surface area (Å²) in [7, 11) is 3.23. The molecule has 2 aromatic carbocycles. The van der Waals surface area contributed by atoms with Crippen LogP contribution in [0.25, 0.3) is 0 Å². The second-order valence-electron chi connectivity index (χ2n) is 6.25. The van der Waals surface area contributed by atoms with Crippen molar-refractivity contribution in [3.8, 4) is 11.5 Å². The number of nitrogens with zero attached hydrogens (tertiary/aromatic N) is 1. The van der Waals surface area contributed by atoms with Crippen LogP contribution >= 0.6 is 0 Å². The first-order chi connectivity index (χ1) is 12.9. The number of Topliss-reactive ketones (excluding diaryl/α,β-unsaturated/α-hetero) is 1. The highest BCUT2D eigenvalue weighted by Gasteiger charge is 2.11. The minimum Gasteiger partial charge on any atom is -0.493 e. The number of carbonyl (C=O) groups is 2. The highest BCUT2D eigenvalue weighted by atomic mass is 19.1. The number of amides is 1. The van der Waals surface area contributed by atoms with E-state index in [1.165, 1.54) is 26.2 Å². The third-order valence-electron chi connectivity index (χ3n) is 4.12. The zero-order valence-corrected chi connectivity index (χ0v) is 15.8. The second kappa shape index (κ2) is 9.71. The van der Waals surface area contributed by atoms with Gasteiger partial charge in [0.25, 0.3) is 0 Å². The summed E-state index contributed by atoms with van der Waals surface area (Å²) in [6, 6.07) is 11.1. The van der Waals surface area contributed by atoms with E-state index in [-0.39, 0.29) is 17.5 Å². The molecular weight excluding hydrogens is 349 g/mol. The van der Waals surface area contributed by atoms with Gasteiger partial charge in [-0.3, -0.25) is 9.59 Å². The molecule has 1 amide bonds. The first-order valence-electron chi connectivity index (χ1n) is 8.71. The van der Waals surface area contributed by atoms with E-state index in [1.54, 1.807) is 42.3 Å². The van der Waals surface area contributed by atoms with Crippen molar-refractivity contribution in [1.29, 1.82) is 0 Å². The van der Waals surface area contributed by atoms with Crippen molar-refractivity contribution in [2.75, 3.05) is 20.8 Å². The van der Waals surface area contributed by atoms with E-state index in [2.05, 4.69) is 0 Å². The Morgan fingerprint density at radius 3 is 2.41 bits per heavy atom. The van der Waals surface area contributed by atoms with Crippen LogP contribution in [-0.2, 0) is 11.3 Å². The van der Waals surface area contributed by atoms with Crippen LogP contribution in [0.2, 0.25) is 0 Å². The molecule has 27 heavy (non-hydrogen) atoms. The van der Waals surface area contributed by atoms with Crippen LogP contribution in [0.15, 0.2) is 42.5 Å². The summed E-state index contributed by atoms with van der Waals surface area (Å²) in [6.45, 7) is 2.27. The summed E-state index contributed by atoms with van der Waals surface area (Å²) in [6.07, 6.45) is 0.885. The number of carbonyl (C=O) groups excluding carboxylic acids is 2. The minimum atomic E-state index is -0.295. The molecule has 144 valence electrons. The lowest BCUT2D eigenvalue weighted by molar-refractivity contribution is -0.130. The maximum atomic E-state index is 12.9. The number of ether oxygens (including phenoxy) is 2. The predicted octanol–water partition coefficient (Wildman–Crippen LogP) is 3.85. The number of hydrogen-bond acceptors (Lipinski definition) is 4. The molecule has 0 saturated carbocycles. The zero-order chi connectivity index (χ0) is 19.8. The minimum absolute atomic E-state index is 0.0122. The number of halogens is 1. The summed E-state index contributed by atoms with van der Waals surface area (Å²) in [4.78, 5) is 25.2. The molecule has 0 spiro atoms. The molecule has 0 aliphatic carbocycles. The highest BCUT2D eigenvalue weighted by molar-refractivity contribution is 5.94. The van der Waals surface area contributed by atoms with Crippen molar-refractivity contribution in [3.05, 3.63) is 59.4 Å². The van der Waals surface area contributed by atoms with Gasteiger partial charge >= 0.3 is 0 Å². The molecule has 0 fully saturated rings. The van der Waals surface area contributed by atoms with E-state index >= 15 is 0 Å². The van der Waals surface area contributed by atoms with Crippen LogP contribution in [0.1, 0.15) is 35.7 Å². The van der Waals surface area contributed by atoms with Crippen LogP contribution < -0.4 is 9.47 Å². The van der Waals surface area contributed by atoms with Gasteiger partial charge in [-0.1, -0.05) is 12.1 Å². The van der Waals surface area contributed by atoms with Gasteiger partial charge in [0.2, 0.25) is 5.91 Å². The van der Waals surface area contributed by atoms with Crippen LogP contribution in [0.5, 0.6) is 11.5 Å². The summed E-state index contributed by atoms with van der Waals surface area (Å²) in [5.41, 5.74) is 1.43.